The Morgan fingerprint density at radius 2 is 2.19 bits per heavy atom. The summed E-state index contributed by atoms with van der Waals surface area (Å²) in [5, 5.41) is 11.6. The fraction of sp³-hybridized carbons (Fsp3) is 0.381. The van der Waals surface area contributed by atoms with Crippen LogP contribution in [0.4, 0.5) is 20.9 Å². The standard InChI is InChI=1S/C21H21FN4O4S/c1-2-9-24(21-23-16-5-3-4-6-18(16)31-21)20(28)13-10-19(27)25(12-13)14-7-8-15(22)17(11-14)26(29)30/h2,7-8,11,13H,1,3-6,9-10,12H2. The van der Waals surface area contributed by atoms with Crippen LogP contribution < -0.4 is 9.80 Å². The molecule has 1 aromatic carbocycles. The van der Waals surface area contributed by atoms with Crippen LogP contribution in [0.15, 0.2) is 30.9 Å². The first-order chi connectivity index (χ1) is 14.9. The van der Waals surface area contributed by atoms with Gasteiger partial charge in [0.1, 0.15) is 0 Å². The summed E-state index contributed by atoms with van der Waals surface area (Å²) in [4.78, 5) is 44.8. The summed E-state index contributed by atoms with van der Waals surface area (Å²) < 4.78 is 13.7. The van der Waals surface area contributed by atoms with Crippen LogP contribution in [0.25, 0.3) is 0 Å². The minimum atomic E-state index is -0.974. The van der Waals surface area contributed by atoms with Gasteiger partial charge < -0.3 is 4.90 Å². The molecule has 1 saturated heterocycles. The summed E-state index contributed by atoms with van der Waals surface area (Å²) in [6.45, 7) is 4.08. The van der Waals surface area contributed by atoms with Gasteiger partial charge in [0.2, 0.25) is 17.6 Å². The van der Waals surface area contributed by atoms with Crippen molar-refractivity contribution in [2.24, 2.45) is 5.92 Å². The van der Waals surface area contributed by atoms with Crippen LogP contribution >= 0.6 is 11.3 Å². The van der Waals surface area contributed by atoms with E-state index in [4.69, 9.17) is 0 Å². The molecule has 4 rings (SSSR count). The molecule has 0 bridgehead atoms. The SMILES string of the molecule is C=CCN(C(=O)C1CC(=O)N(c2ccc(F)c([N+](=O)[O-])c2)C1)c1nc2c(s1)CCCC2. The van der Waals surface area contributed by atoms with E-state index in [0.717, 1.165) is 43.5 Å². The predicted molar refractivity (Wildman–Crippen MR) is 115 cm³/mol. The van der Waals surface area contributed by atoms with E-state index in [1.165, 1.54) is 27.2 Å². The number of nitro benzene ring substituents is 1. The molecular weight excluding hydrogens is 423 g/mol. The fourth-order valence-corrected chi connectivity index (χ4v) is 5.16. The van der Waals surface area contributed by atoms with Crippen LogP contribution in [-0.2, 0) is 22.4 Å². The van der Waals surface area contributed by atoms with Gasteiger partial charge in [0.15, 0.2) is 5.13 Å². The van der Waals surface area contributed by atoms with Gasteiger partial charge >= 0.3 is 5.69 Å². The highest BCUT2D eigenvalue weighted by atomic mass is 32.1. The van der Waals surface area contributed by atoms with Crippen LogP contribution in [0.5, 0.6) is 0 Å². The molecule has 0 saturated carbocycles. The number of thiazole rings is 1. The van der Waals surface area contributed by atoms with Crippen LogP contribution in [0.1, 0.15) is 29.8 Å². The van der Waals surface area contributed by atoms with E-state index in [2.05, 4.69) is 11.6 Å². The van der Waals surface area contributed by atoms with Crippen molar-refractivity contribution in [2.45, 2.75) is 32.1 Å². The molecule has 162 valence electrons. The van der Waals surface area contributed by atoms with E-state index in [-0.39, 0.29) is 37.0 Å². The van der Waals surface area contributed by atoms with E-state index in [1.54, 1.807) is 11.0 Å². The summed E-state index contributed by atoms with van der Waals surface area (Å²) in [7, 11) is 0. The molecular formula is C21H21FN4O4S. The van der Waals surface area contributed by atoms with Gasteiger partial charge in [-0.2, -0.15) is 4.39 Å². The van der Waals surface area contributed by atoms with E-state index in [1.807, 2.05) is 0 Å². The Labute approximate surface area is 182 Å². The Balaban J connectivity index is 1.56. The topological polar surface area (TPSA) is 96.7 Å². The van der Waals surface area contributed by atoms with Gasteiger partial charge in [0.25, 0.3) is 0 Å². The average Bonchev–Trinajstić information content (AvgIpc) is 3.35. The Morgan fingerprint density at radius 1 is 1.42 bits per heavy atom. The number of aromatic nitrogens is 1. The zero-order chi connectivity index (χ0) is 22.1. The van der Waals surface area contributed by atoms with Crippen molar-refractivity contribution >= 4 is 39.7 Å². The fourth-order valence-electron chi connectivity index (χ4n) is 4.00. The first-order valence-corrected chi connectivity index (χ1v) is 10.9. The zero-order valence-corrected chi connectivity index (χ0v) is 17.6. The highest BCUT2D eigenvalue weighted by molar-refractivity contribution is 7.16. The highest BCUT2D eigenvalue weighted by Crippen LogP contribution is 2.34. The molecule has 2 heterocycles. The molecule has 1 aliphatic carbocycles. The number of carbonyl (C=O) groups excluding carboxylic acids is 2. The van der Waals surface area contributed by atoms with E-state index < -0.39 is 22.3 Å². The van der Waals surface area contributed by atoms with Gasteiger partial charge in [-0.15, -0.1) is 17.9 Å². The van der Waals surface area contributed by atoms with Crippen molar-refractivity contribution < 1.29 is 18.9 Å². The lowest BCUT2D eigenvalue weighted by molar-refractivity contribution is -0.387. The van der Waals surface area contributed by atoms with Gasteiger partial charge in [0, 0.05) is 30.5 Å². The van der Waals surface area contributed by atoms with Crippen molar-refractivity contribution in [1.29, 1.82) is 0 Å². The zero-order valence-electron chi connectivity index (χ0n) is 16.8. The second kappa shape index (κ2) is 8.54. The molecule has 2 amide bonds. The molecule has 2 aromatic rings. The second-order valence-electron chi connectivity index (χ2n) is 7.61. The lowest BCUT2D eigenvalue weighted by Gasteiger charge is -2.22. The van der Waals surface area contributed by atoms with Crippen molar-refractivity contribution in [2.75, 3.05) is 22.9 Å². The number of benzene rings is 1. The number of amides is 2. The number of fused-ring (bicyclic) bond motifs is 1. The molecule has 1 atom stereocenters. The van der Waals surface area contributed by atoms with E-state index in [0.29, 0.717) is 5.13 Å². The molecule has 1 aromatic heterocycles. The van der Waals surface area contributed by atoms with Crippen molar-refractivity contribution in [1.82, 2.24) is 4.98 Å². The van der Waals surface area contributed by atoms with Crippen molar-refractivity contribution in [3.63, 3.8) is 0 Å². The molecule has 1 fully saturated rings. The van der Waals surface area contributed by atoms with Gasteiger partial charge in [-0.3, -0.25) is 24.6 Å². The molecule has 31 heavy (non-hydrogen) atoms. The minimum absolute atomic E-state index is 0.0251. The Kier molecular flexibility index (Phi) is 5.81. The number of nitrogens with zero attached hydrogens (tertiary/aromatic N) is 4. The quantitative estimate of drug-likeness (QED) is 0.385. The summed E-state index contributed by atoms with van der Waals surface area (Å²) >= 11 is 1.51. The van der Waals surface area contributed by atoms with Crippen LogP contribution in [0.2, 0.25) is 0 Å². The maximum Gasteiger partial charge on any atom is 0.306 e. The molecule has 10 heteroatoms. The normalized spacial score (nSPS) is 18.0. The summed E-state index contributed by atoms with van der Waals surface area (Å²) in [6.07, 6.45) is 5.66. The number of carbonyl (C=O) groups is 2. The maximum atomic E-state index is 13.7. The molecule has 0 radical (unpaired) electrons. The average molecular weight is 444 g/mol. The van der Waals surface area contributed by atoms with Gasteiger partial charge in [-0.1, -0.05) is 6.08 Å². The molecule has 0 spiro atoms. The number of aryl methyl sites for hydroxylation is 2. The van der Waals surface area contributed by atoms with Gasteiger partial charge in [-0.25, -0.2) is 4.98 Å². The third kappa shape index (κ3) is 4.07. The number of anilines is 2. The second-order valence-corrected chi connectivity index (χ2v) is 8.67. The summed E-state index contributed by atoms with van der Waals surface area (Å²) in [6, 6.07) is 3.29. The van der Waals surface area contributed by atoms with E-state index >= 15 is 0 Å². The summed E-state index contributed by atoms with van der Waals surface area (Å²) in [5.74, 6) is -2.18. The first-order valence-electron chi connectivity index (χ1n) is 10.0. The molecule has 1 unspecified atom stereocenters. The molecule has 1 aliphatic heterocycles. The summed E-state index contributed by atoms with van der Waals surface area (Å²) in [5.41, 5.74) is 0.533. The predicted octanol–water partition coefficient (Wildman–Crippen LogP) is 3.64. The third-order valence-electron chi connectivity index (χ3n) is 5.56. The Morgan fingerprint density at radius 3 is 2.90 bits per heavy atom. The van der Waals surface area contributed by atoms with E-state index in [9.17, 15) is 24.1 Å². The van der Waals surface area contributed by atoms with Gasteiger partial charge in [0.05, 0.1) is 22.2 Å². The smallest absolute Gasteiger partial charge is 0.306 e. The molecule has 2 aliphatic rings. The minimum Gasteiger partial charge on any atom is -0.311 e. The van der Waals surface area contributed by atoms with Crippen LogP contribution in [-0.4, -0.2) is 34.8 Å². The van der Waals surface area contributed by atoms with Gasteiger partial charge in [-0.05, 0) is 37.8 Å². The number of nitro groups is 1. The maximum absolute atomic E-state index is 13.7. The Hall–Kier alpha value is -3.14. The van der Waals surface area contributed by atoms with Crippen molar-refractivity contribution in [3.05, 3.63) is 57.4 Å². The van der Waals surface area contributed by atoms with Crippen LogP contribution in [0, 0.1) is 21.8 Å². The largest absolute Gasteiger partial charge is 0.311 e. The number of halogens is 1. The third-order valence-corrected chi connectivity index (χ3v) is 6.74. The number of rotatable bonds is 6. The lowest BCUT2D eigenvalue weighted by Crippen LogP contribution is -2.37. The van der Waals surface area contributed by atoms with Crippen molar-refractivity contribution in [3.8, 4) is 0 Å². The highest BCUT2D eigenvalue weighted by Gasteiger charge is 2.39. The Bertz CT molecular complexity index is 1050. The number of hydrogen-bond donors (Lipinski definition) is 0. The van der Waals surface area contributed by atoms with Crippen LogP contribution in [0.3, 0.4) is 0 Å². The first kappa shape index (κ1) is 21.1. The molecule has 0 N–H and O–H groups in total. The monoisotopic (exact) mass is 444 g/mol. The molecule has 8 nitrogen and oxygen atoms in total. The number of hydrogen-bond acceptors (Lipinski definition) is 6. The lowest BCUT2D eigenvalue weighted by atomic mass is 10.0.